The summed E-state index contributed by atoms with van der Waals surface area (Å²) in [4.78, 5) is 16.4. The lowest BCUT2D eigenvalue weighted by molar-refractivity contribution is 0.301. The van der Waals surface area contributed by atoms with Crippen molar-refractivity contribution >= 4 is 21.0 Å². The second-order valence-electron chi connectivity index (χ2n) is 13.8. The van der Waals surface area contributed by atoms with E-state index in [1.807, 2.05) is 112 Å². The fourth-order valence-corrected chi connectivity index (χ4v) is 7.98. The van der Waals surface area contributed by atoms with E-state index >= 15 is 0 Å². The number of ether oxygens (including phenoxy) is 3. The van der Waals surface area contributed by atoms with Crippen LogP contribution in [0, 0.1) is 0 Å². The van der Waals surface area contributed by atoms with Crippen molar-refractivity contribution in [2.24, 2.45) is 0 Å². The van der Waals surface area contributed by atoms with E-state index in [4.69, 9.17) is 14.2 Å². The summed E-state index contributed by atoms with van der Waals surface area (Å²) < 4.78 is 49.9. The average molecular weight is 798 g/mol. The highest BCUT2D eigenvalue weighted by atomic mass is 32.2. The molecule has 0 N–H and O–H groups in total. The number of aromatic nitrogens is 3. The van der Waals surface area contributed by atoms with Gasteiger partial charge in [-0.25, -0.2) is 8.42 Å². The molecule has 0 fully saturated rings. The van der Waals surface area contributed by atoms with Crippen molar-refractivity contribution in [2.45, 2.75) is 65.6 Å². The molecule has 57 heavy (non-hydrogen) atoms. The molecule has 0 saturated carbocycles. The monoisotopic (exact) mass is 797 g/mol. The summed E-state index contributed by atoms with van der Waals surface area (Å²) >= 11 is 0. The molecule has 11 heteroatoms. The minimum absolute atomic E-state index is 0.0365. The van der Waals surface area contributed by atoms with Crippen molar-refractivity contribution in [1.29, 1.82) is 0 Å². The van der Waals surface area contributed by atoms with Crippen molar-refractivity contribution in [2.75, 3.05) is 0 Å². The fraction of sp³-hybridized carbons (Fsp3) is 0.152. The molecule has 0 aliphatic carbocycles. The zero-order valence-corrected chi connectivity index (χ0v) is 33.5. The Kier molecular flexibility index (Phi) is 13.7. The summed E-state index contributed by atoms with van der Waals surface area (Å²) in [6.45, 7) is 7.33. The summed E-state index contributed by atoms with van der Waals surface area (Å²) in [7, 11) is -4.68. The maximum atomic E-state index is 10.6. The van der Waals surface area contributed by atoms with E-state index in [-0.39, 0.29) is 21.2 Å². The first-order valence-electron chi connectivity index (χ1n) is 18.2. The van der Waals surface area contributed by atoms with Crippen LogP contribution in [-0.4, -0.2) is 27.9 Å². The average Bonchev–Trinajstić information content (AvgIpc) is 3.24. The van der Waals surface area contributed by atoms with Gasteiger partial charge < -0.3 is 18.8 Å². The number of hydrogen-bond acceptors (Lipinski definition) is 9. The first-order chi connectivity index (χ1) is 27.5. The van der Waals surface area contributed by atoms with Gasteiger partial charge in [-0.15, -0.1) is 0 Å². The van der Waals surface area contributed by atoms with Gasteiger partial charge in [-0.1, -0.05) is 51.1 Å². The normalized spacial score (nSPS) is 11.3. The molecular weight excluding hydrogens is 755 g/mol. The quantitative estimate of drug-likeness (QED) is 0.0829. The Morgan fingerprint density at radius 1 is 0.491 bits per heavy atom. The highest BCUT2D eigenvalue weighted by molar-refractivity contribution is 7.97. The van der Waals surface area contributed by atoms with Crippen LogP contribution in [0.15, 0.2) is 190 Å². The minimum atomic E-state index is -4.32. The Labute approximate surface area is 337 Å². The summed E-state index contributed by atoms with van der Waals surface area (Å²) in [5.74, 6) is 2.40. The van der Waals surface area contributed by atoms with Crippen LogP contribution >= 0.6 is 0 Å². The molecule has 0 aliphatic rings. The van der Waals surface area contributed by atoms with Gasteiger partial charge in [-0.05, 0) is 132 Å². The molecule has 9 nitrogen and oxygen atoms in total. The molecule has 0 aliphatic heterocycles. The van der Waals surface area contributed by atoms with Crippen LogP contribution in [0.5, 0.6) is 17.2 Å². The Balaban J connectivity index is 0.000000333. The van der Waals surface area contributed by atoms with Crippen LogP contribution < -0.4 is 14.2 Å². The summed E-state index contributed by atoms with van der Waals surface area (Å²) in [6.07, 6.45) is 5.33. The number of nitrogens with zero attached hydrogens (tertiary/aromatic N) is 3. The number of benzene rings is 4. The Bertz CT molecular complexity index is 2170. The second kappa shape index (κ2) is 19.2. The van der Waals surface area contributed by atoms with Crippen LogP contribution in [0.4, 0.5) is 0 Å². The molecule has 0 radical (unpaired) electrons. The summed E-state index contributed by atoms with van der Waals surface area (Å²) in [5, 5.41) is 0. The van der Waals surface area contributed by atoms with Gasteiger partial charge in [0.15, 0.2) is 14.7 Å². The molecule has 0 saturated heterocycles. The number of rotatable bonds is 13. The van der Waals surface area contributed by atoms with E-state index in [0.29, 0.717) is 19.8 Å². The van der Waals surface area contributed by atoms with Crippen molar-refractivity contribution in [3.05, 3.63) is 193 Å². The standard InChI is InChI=1S/C36H30N3O3S.C10H14O3S/c1-4-22-37-28(7-1)25-40-31-10-16-34(17-11-31)43(35-18-12-32(13-19-35)41-26-29-8-2-5-23-38-29)36-20-14-33(15-21-36)42-27-30-9-3-6-24-39-30;1-10(2,3)8-4-6-9(7-5-8)14(11,12)13/h1-24H,25-27H2;4-7H,1-3H3,(H,11,12,13)/q+1;/p-1. The molecule has 0 spiro atoms. The Morgan fingerprint density at radius 2 is 0.825 bits per heavy atom. The van der Waals surface area contributed by atoms with Gasteiger partial charge in [0.2, 0.25) is 0 Å². The predicted molar refractivity (Wildman–Crippen MR) is 220 cm³/mol. The molecule has 7 rings (SSSR count). The largest absolute Gasteiger partial charge is 0.744 e. The number of hydrogen-bond donors (Lipinski definition) is 0. The van der Waals surface area contributed by atoms with E-state index in [9.17, 15) is 13.0 Å². The van der Waals surface area contributed by atoms with Crippen molar-refractivity contribution < 1.29 is 27.2 Å². The lowest BCUT2D eigenvalue weighted by atomic mass is 9.87. The Hall–Kier alpha value is -6.01. The molecule has 7 aromatic rings. The topological polar surface area (TPSA) is 124 Å². The third-order valence-corrected chi connectivity index (χ3v) is 11.6. The SMILES string of the molecule is CC(C)(C)c1ccc(S(=O)(=O)[O-])cc1.c1ccc(COc2ccc([S+](c3ccc(OCc4ccccn4)cc3)c3ccc(OCc4ccccn4)cc3)cc2)nc1. The molecular formula is C46H43N3O6S2. The molecule has 4 aromatic carbocycles. The van der Waals surface area contributed by atoms with Gasteiger partial charge in [0.25, 0.3) is 0 Å². The summed E-state index contributed by atoms with van der Waals surface area (Å²) in [5.41, 5.74) is 3.64. The van der Waals surface area contributed by atoms with E-state index < -0.39 is 10.1 Å². The van der Waals surface area contributed by atoms with Crippen molar-refractivity contribution in [3.8, 4) is 17.2 Å². The zero-order chi connectivity index (χ0) is 40.1. The Morgan fingerprint density at radius 3 is 1.09 bits per heavy atom. The van der Waals surface area contributed by atoms with Crippen LogP contribution in [0.2, 0.25) is 0 Å². The molecule has 0 unspecified atom stereocenters. The third-order valence-electron chi connectivity index (χ3n) is 8.53. The van der Waals surface area contributed by atoms with Gasteiger partial charge in [0.1, 0.15) is 47.2 Å². The lowest BCUT2D eigenvalue weighted by Crippen LogP contribution is -2.11. The first-order valence-corrected chi connectivity index (χ1v) is 20.8. The number of pyridine rings is 3. The maximum absolute atomic E-state index is 10.6. The third kappa shape index (κ3) is 12.2. The minimum Gasteiger partial charge on any atom is -0.744 e. The highest BCUT2D eigenvalue weighted by Gasteiger charge is 2.29. The predicted octanol–water partition coefficient (Wildman–Crippen LogP) is 9.59. The molecule has 0 bridgehead atoms. The van der Waals surface area contributed by atoms with E-state index in [1.54, 1.807) is 30.7 Å². The van der Waals surface area contributed by atoms with Crippen molar-refractivity contribution in [1.82, 2.24) is 15.0 Å². The van der Waals surface area contributed by atoms with Gasteiger partial charge in [-0.2, -0.15) is 0 Å². The highest BCUT2D eigenvalue weighted by Crippen LogP contribution is 2.34. The van der Waals surface area contributed by atoms with Crippen LogP contribution in [0.3, 0.4) is 0 Å². The molecule has 3 heterocycles. The zero-order valence-electron chi connectivity index (χ0n) is 31.9. The van der Waals surface area contributed by atoms with Crippen molar-refractivity contribution in [3.63, 3.8) is 0 Å². The van der Waals surface area contributed by atoms with Gasteiger partial charge >= 0.3 is 0 Å². The van der Waals surface area contributed by atoms with Crippen LogP contribution in [-0.2, 0) is 46.2 Å². The van der Waals surface area contributed by atoms with E-state index in [1.165, 1.54) is 26.8 Å². The first kappa shape index (κ1) is 40.6. The summed E-state index contributed by atoms with van der Waals surface area (Å²) in [6, 6.07) is 48.4. The molecule has 0 amide bonds. The van der Waals surface area contributed by atoms with E-state index in [2.05, 4.69) is 51.4 Å². The maximum Gasteiger partial charge on any atom is 0.166 e. The molecule has 3 aromatic heterocycles. The fourth-order valence-electron chi connectivity index (χ4n) is 5.47. The van der Waals surface area contributed by atoms with E-state index in [0.717, 1.165) is 39.9 Å². The van der Waals surface area contributed by atoms with Crippen LogP contribution in [0.1, 0.15) is 43.4 Å². The van der Waals surface area contributed by atoms with Gasteiger partial charge in [0, 0.05) is 18.6 Å². The lowest BCUT2D eigenvalue weighted by Gasteiger charge is -2.19. The smallest absolute Gasteiger partial charge is 0.166 e. The molecule has 290 valence electrons. The van der Waals surface area contributed by atoms with Gasteiger partial charge in [-0.3, -0.25) is 15.0 Å². The second-order valence-corrected chi connectivity index (χ2v) is 17.2. The van der Waals surface area contributed by atoms with Gasteiger partial charge in [0.05, 0.1) is 32.9 Å². The molecule has 0 atom stereocenters. The van der Waals surface area contributed by atoms with Crippen LogP contribution in [0.25, 0.3) is 0 Å².